The normalized spacial score (nSPS) is 15.9. The zero-order valence-electron chi connectivity index (χ0n) is 18.2. The minimum atomic E-state index is -3.71. The van der Waals surface area contributed by atoms with E-state index in [0.717, 1.165) is 5.56 Å². The van der Waals surface area contributed by atoms with Crippen LogP contribution in [-0.2, 0) is 14.8 Å². The highest BCUT2D eigenvalue weighted by atomic mass is 32.2. The van der Waals surface area contributed by atoms with Crippen molar-refractivity contribution in [2.75, 3.05) is 40.5 Å². The number of sulfonamides is 1. The van der Waals surface area contributed by atoms with Crippen LogP contribution >= 0.6 is 0 Å². The highest BCUT2D eigenvalue weighted by molar-refractivity contribution is 7.89. The average molecular weight is 449 g/mol. The van der Waals surface area contributed by atoms with Crippen molar-refractivity contribution in [3.05, 3.63) is 53.1 Å². The van der Waals surface area contributed by atoms with Gasteiger partial charge in [0.05, 0.1) is 38.4 Å². The lowest BCUT2D eigenvalue weighted by molar-refractivity contribution is 0.0730. The van der Waals surface area contributed by atoms with Crippen LogP contribution in [0.4, 0.5) is 0 Å². The van der Waals surface area contributed by atoms with Gasteiger partial charge < -0.3 is 19.5 Å². The van der Waals surface area contributed by atoms with Crippen molar-refractivity contribution in [1.82, 2.24) is 9.62 Å². The molecular weight excluding hydrogens is 420 g/mol. The van der Waals surface area contributed by atoms with E-state index in [-0.39, 0.29) is 16.4 Å². The van der Waals surface area contributed by atoms with Crippen LogP contribution in [0.2, 0.25) is 0 Å². The molecule has 1 fully saturated rings. The molecule has 0 spiro atoms. The van der Waals surface area contributed by atoms with Gasteiger partial charge in [0, 0.05) is 24.2 Å². The van der Waals surface area contributed by atoms with E-state index in [9.17, 15) is 13.2 Å². The molecule has 1 N–H and O–H groups in total. The molecule has 0 saturated carbocycles. The Morgan fingerprint density at radius 3 is 2.45 bits per heavy atom. The van der Waals surface area contributed by atoms with Gasteiger partial charge in [0.1, 0.15) is 11.5 Å². The summed E-state index contributed by atoms with van der Waals surface area (Å²) in [7, 11) is -0.587. The number of nitrogens with one attached hydrogen (secondary N) is 1. The molecular formula is C22H28N2O6S. The summed E-state index contributed by atoms with van der Waals surface area (Å²) in [6, 6.07) is 9.67. The van der Waals surface area contributed by atoms with Crippen LogP contribution in [-0.4, -0.2) is 59.2 Å². The summed E-state index contributed by atoms with van der Waals surface area (Å²) < 4.78 is 43.5. The molecule has 0 radical (unpaired) electrons. The Morgan fingerprint density at radius 2 is 1.81 bits per heavy atom. The van der Waals surface area contributed by atoms with Crippen LogP contribution < -0.4 is 14.8 Å². The number of methoxy groups -OCH3 is 2. The fourth-order valence-corrected chi connectivity index (χ4v) is 5.14. The van der Waals surface area contributed by atoms with E-state index < -0.39 is 16.1 Å². The Bertz CT molecular complexity index is 1050. The lowest BCUT2D eigenvalue weighted by Gasteiger charge is -2.27. The standard InChI is InChI=1S/C22H28N2O6S/c1-15-5-6-17(13-21(15)31(26,27)24-9-11-30-12-10-24)22(25)23-16(2)19-14-18(28-3)7-8-20(19)29-4/h5-8,13-14,16H,9-12H2,1-4H3,(H,23,25)/t16-/m0/s1. The number of amides is 1. The minimum absolute atomic E-state index is 0.133. The molecule has 2 aromatic rings. The Kier molecular flexibility index (Phi) is 7.19. The summed E-state index contributed by atoms with van der Waals surface area (Å²) >= 11 is 0. The second-order valence-corrected chi connectivity index (χ2v) is 9.21. The largest absolute Gasteiger partial charge is 0.497 e. The van der Waals surface area contributed by atoms with Gasteiger partial charge in [-0.3, -0.25) is 4.79 Å². The summed E-state index contributed by atoms with van der Waals surface area (Å²) in [5, 5.41) is 2.91. The monoisotopic (exact) mass is 448 g/mol. The van der Waals surface area contributed by atoms with Crippen molar-refractivity contribution in [3.8, 4) is 11.5 Å². The molecule has 9 heteroatoms. The minimum Gasteiger partial charge on any atom is -0.497 e. The predicted octanol–water partition coefficient (Wildman–Crippen LogP) is 2.52. The summed E-state index contributed by atoms with van der Waals surface area (Å²) in [6.45, 7) is 4.86. The lowest BCUT2D eigenvalue weighted by Crippen LogP contribution is -2.41. The maximum atomic E-state index is 13.1. The van der Waals surface area contributed by atoms with Crippen LogP contribution in [0.5, 0.6) is 11.5 Å². The van der Waals surface area contributed by atoms with Crippen LogP contribution in [0.1, 0.15) is 34.5 Å². The van der Waals surface area contributed by atoms with Gasteiger partial charge in [0.2, 0.25) is 10.0 Å². The average Bonchev–Trinajstić information content (AvgIpc) is 2.79. The van der Waals surface area contributed by atoms with Crippen LogP contribution in [0.3, 0.4) is 0 Å². The number of hydrogen-bond donors (Lipinski definition) is 1. The summed E-state index contributed by atoms with van der Waals surface area (Å²) in [5.74, 6) is 0.884. The van der Waals surface area contributed by atoms with Crippen molar-refractivity contribution in [1.29, 1.82) is 0 Å². The van der Waals surface area contributed by atoms with E-state index >= 15 is 0 Å². The lowest BCUT2D eigenvalue weighted by atomic mass is 10.1. The van der Waals surface area contributed by atoms with Crippen LogP contribution in [0, 0.1) is 6.92 Å². The third-order valence-corrected chi connectivity index (χ3v) is 7.33. The van der Waals surface area contributed by atoms with Crippen LogP contribution in [0.25, 0.3) is 0 Å². The Balaban J connectivity index is 1.85. The van der Waals surface area contributed by atoms with E-state index in [1.807, 2.05) is 6.92 Å². The number of morpholine rings is 1. The molecule has 31 heavy (non-hydrogen) atoms. The molecule has 2 aromatic carbocycles. The van der Waals surface area contributed by atoms with Crippen molar-refractivity contribution in [2.45, 2.75) is 24.8 Å². The van der Waals surface area contributed by atoms with Gasteiger partial charge in [-0.2, -0.15) is 4.31 Å². The number of carbonyl (C=O) groups excluding carboxylic acids is 1. The summed E-state index contributed by atoms with van der Waals surface area (Å²) in [6.07, 6.45) is 0. The van der Waals surface area contributed by atoms with Crippen LogP contribution in [0.15, 0.2) is 41.3 Å². The highest BCUT2D eigenvalue weighted by Crippen LogP contribution is 2.29. The molecule has 0 unspecified atom stereocenters. The van der Waals surface area contributed by atoms with Gasteiger partial charge in [-0.1, -0.05) is 6.07 Å². The highest BCUT2D eigenvalue weighted by Gasteiger charge is 2.28. The number of rotatable bonds is 7. The Hall–Kier alpha value is -2.62. The smallest absolute Gasteiger partial charge is 0.251 e. The molecule has 0 aromatic heterocycles. The number of nitrogens with zero attached hydrogens (tertiary/aromatic N) is 1. The third kappa shape index (κ3) is 5.00. The van der Waals surface area contributed by atoms with Gasteiger partial charge in [0.15, 0.2) is 0 Å². The van der Waals surface area contributed by atoms with E-state index in [2.05, 4.69) is 5.32 Å². The number of benzene rings is 2. The molecule has 168 valence electrons. The molecule has 1 amide bonds. The first-order valence-corrected chi connectivity index (χ1v) is 11.4. The fraction of sp³-hybridized carbons (Fsp3) is 0.409. The second kappa shape index (κ2) is 9.67. The van der Waals surface area contributed by atoms with Gasteiger partial charge in [-0.05, 0) is 49.7 Å². The Morgan fingerprint density at radius 1 is 1.10 bits per heavy atom. The van der Waals surface area contributed by atoms with Crippen molar-refractivity contribution < 1.29 is 27.4 Å². The van der Waals surface area contributed by atoms with Crippen molar-refractivity contribution in [2.24, 2.45) is 0 Å². The van der Waals surface area contributed by atoms with Crippen molar-refractivity contribution in [3.63, 3.8) is 0 Å². The topological polar surface area (TPSA) is 94.2 Å². The number of carbonyl (C=O) groups is 1. The summed E-state index contributed by atoms with van der Waals surface area (Å²) in [5.41, 5.74) is 1.61. The molecule has 1 heterocycles. The van der Waals surface area contributed by atoms with E-state index in [1.165, 1.54) is 10.4 Å². The summed E-state index contributed by atoms with van der Waals surface area (Å²) in [4.78, 5) is 13.1. The van der Waals surface area contributed by atoms with E-state index in [4.69, 9.17) is 14.2 Å². The molecule has 0 bridgehead atoms. The molecule has 1 aliphatic rings. The van der Waals surface area contributed by atoms with Gasteiger partial charge in [-0.25, -0.2) is 8.42 Å². The molecule has 1 atom stereocenters. The maximum absolute atomic E-state index is 13.1. The first kappa shape index (κ1) is 23.1. The first-order valence-electron chi connectivity index (χ1n) is 9.99. The quantitative estimate of drug-likeness (QED) is 0.700. The number of aryl methyl sites for hydroxylation is 1. The molecule has 0 aliphatic carbocycles. The third-order valence-electron chi connectivity index (χ3n) is 5.29. The van der Waals surface area contributed by atoms with Crippen molar-refractivity contribution >= 4 is 15.9 Å². The van der Waals surface area contributed by atoms with Gasteiger partial charge >= 0.3 is 0 Å². The Labute approximate surface area is 183 Å². The van der Waals surface area contributed by atoms with Gasteiger partial charge in [0.25, 0.3) is 5.91 Å². The molecule has 1 saturated heterocycles. The predicted molar refractivity (Wildman–Crippen MR) is 116 cm³/mol. The van der Waals surface area contributed by atoms with E-state index in [0.29, 0.717) is 43.4 Å². The molecule has 1 aliphatic heterocycles. The first-order chi connectivity index (χ1) is 14.8. The zero-order valence-corrected chi connectivity index (χ0v) is 19.0. The van der Waals surface area contributed by atoms with Gasteiger partial charge in [-0.15, -0.1) is 0 Å². The fourth-order valence-electron chi connectivity index (χ4n) is 3.48. The SMILES string of the molecule is COc1ccc(OC)c([C@H](C)NC(=O)c2ccc(C)c(S(=O)(=O)N3CCOCC3)c2)c1. The zero-order chi connectivity index (χ0) is 22.6. The number of hydrogen-bond acceptors (Lipinski definition) is 6. The molecule has 3 rings (SSSR count). The van der Waals surface area contributed by atoms with E-state index in [1.54, 1.807) is 51.5 Å². The maximum Gasteiger partial charge on any atom is 0.251 e. The molecule has 8 nitrogen and oxygen atoms in total. The number of ether oxygens (including phenoxy) is 3. The second-order valence-electron chi connectivity index (χ2n) is 7.30.